The Morgan fingerprint density at radius 2 is 1.91 bits per heavy atom. The quantitative estimate of drug-likeness (QED) is 0.541. The smallest absolute Gasteiger partial charge is 0.0685 e. The van der Waals surface area contributed by atoms with E-state index in [-0.39, 0.29) is 6.61 Å². The molecule has 0 saturated heterocycles. The summed E-state index contributed by atoms with van der Waals surface area (Å²) in [5, 5.41) is 10.1. The first kappa shape index (κ1) is 22.7. The minimum absolute atomic E-state index is 0.0463. The average Bonchev–Trinajstić information content (AvgIpc) is 2.81. The van der Waals surface area contributed by atoms with Gasteiger partial charge in [-0.3, -0.25) is 9.88 Å². The summed E-state index contributed by atoms with van der Waals surface area (Å²) in [6.45, 7) is 6.49. The summed E-state index contributed by atoms with van der Waals surface area (Å²) in [4.78, 5) is 7.34. The molecule has 2 aromatic carbocycles. The number of pyridine rings is 1. The van der Waals surface area contributed by atoms with Gasteiger partial charge in [0.2, 0.25) is 0 Å². The van der Waals surface area contributed by atoms with Crippen molar-refractivity contribution in [2.24, 2.45) is 5.73 Å². The summed E-state index contributed by atoms with van der Waals surface area (Å²) in [5.74, 6) is 0. The monoisotopic (exact) mass is 429 g/mol. The zero-order valence-corrected chi connectivity index (χ0v) is 19.3. The normalized spacial score (nSPS) is 15.7. The maximum atomic E-state index is 10.1. The van der Waals surface area contributed by atoms with E-state index in [9.17, 15) is 5.11 Å². The van der Waals surface area contributed by atoms with Crippen molar-refractivity contribution in [1.82, 2.24) is 9.88 Å². The van der Waals surface area contributed by atoms with Crippen molar-refractivity contribution in [2.75, 3.05) is 6.54 Å². The molecule has 0 bridgehead atoms. The molecule has 1 aliphatic rings. The van der Waals surface area contributed by atoms with E-state index < -0.39 is 0 Å². The summed E-state index contributed by atoms with van der Waals surface area (Å²) in [7, 11) is 0. The van der Waals surface area contributed by atoms with Gasteiger partial charge in [0.15, 0.2) is 0 Å². The van der Waals surface area contributed by atoms with Crippen molar-refractivity contribution in [3.8, 4) is 0 Å². The highest BCUT2D eigenvalue weighted by molar-refractivity contribution is 5.35. The second kappa shape index (κ2) is 10.4. The lowest BCUT2D eigenvalue weighted by atomic mass is 9.86. The molecule has 0 fully saturated rings. The van der Waals surface area contributed by atoms with Crippen LogP contribution in [-0.2, 0) is 32.5 Å². The Labute approximate surface area is 192 Å². The van der Waals surface area contributed by atoms with E-state index in [1.54, 1.807) is 0 Å². The molecule has 1 aromatic heterocycles. The maximum Gasteiger partial charge on any atom is 0.0685 e. The number of nitrogens with zero attached hydrogens (tertiary/aromatic N) is 2. The third-order valence-corrected chi connectivity index (χ3v) is 6.70. The fourth-order valence-corrected chi connectivity index (χ4v) is 5.01. The molecule has 4 nitrogen and oxygen atoms in total. The summed E-state index contributed by atoms with van der Waals surface area (Å²) >= 11 is 0. The molecule has 0 spiro atoms. The van der Waals surface area contributed by atoms with Crippen LogP contribution in [-0.4, -0.2) is 21.5 Å². The van der Waals surface area contributed by atoms with Gasteiger partial charge in [0.1, 0.15) is 0 Å². The highest BCUT2D eigenvalue weighted by atomic mass is 16.3. The zero-order chi connectivity index (χ0) is 22.5. The molecule has 3 N–H and O–H groups in total. The summed E-state index contributed by atoms with van der Waals surface area (Å²) in [6.07, 6.45) is 6.29. The van der Waals surface area contributed by atoms with Crippen LogP contribution in [0.5, 0.6) is 0 Å². The second-order valence-corrected chi connectivity index (χ2v) is 9.09. The lowest BCUT2D eigenvalue weighted by Gasteiger charge is -2.36. The van der Waals surface area contributed by atoms with Gasteiger partial charge in [0, 0.05) is 25.3 Å². The third-order valence-electron chi connectivity index (χ3n) is 6.70. The Bertz CT molecular complexity index is 1060. The molecule has 4 heteroatoms. The molecular formula is C28H35N3O. The Hall–Kier alpha value is -2.53. The molecule has 32 heavy (non-hydrogen) atoms. The second-order valence-electron chi connectivity index (χ2n) is 9.09. The zero-order valence-electron chi connectivity index (χ0n) is 19.3. The van der Waals surface area contributed by atoms with Crippen LogP contribution in [0.2, 0.25) is 0 Å². The lowest BCUT2D eigenvalue weighted by Crippen LogP contribution is -2.31. The molecule has 0 amide bonds. The van der Waals surface area contributed by atoms with Crippen molar-refractivity contribution in [2.45, 2.75) is 65.3 Å². The van der Waals surface area contributed by atoms with Crippen LogP contribution in [0.15, 0.2) is 54.7 Å². The van der Waals surface area contributed by atoms with E-state index in [0.29, 0.717) is 12.6 Å². The molecule has 0 radical (unpaired) electrons. The van der Waals surface area contributed by atoms with E-state index in [2.05, 4.69) is 67.3 Å². The Balaban J connectivity index is 1.70. The third kappa shape index (κ3) is 5.09. The fourth-order valence-electron chi connectivity index (χ4n) is 5.01. The number of benzene rings is 2. The van der Waals surface area contributed by atoms with E-state index in [0.717, 1.165) is 43.6 Å². The van der Waals surface area contributed by atoms with Crippen LogP contribution in [0.1, 0.15) is 63.5 Å². The van der Waals surface area contributed by atoms with Crippen LogP contribution in [0.3, 0.4) is 0 Å². The van der Waals surface area contributed by atoms with E-state index in [4.69, 9.17) is 10.7 Å². The number of aliphatic hydroxyl groups excluding tert-OH is 1. The number of aromatic nitrogens is 1. The van der Waals surface area contributed by atoms with Crippen LogP contribution in [0.4, 0.5) is 0 Å². The fraction of sp³-hybridized carbons (Fsp3) is 0.393. The van der Waals surface area contributed by atoms with Crippen LogP contribution in [0, 0.1) is 13.8 Å². The largest absolute Gasteiger partial charge is 0.392 e. The first-order valence-corrected chi connectivity index (χ1v) is 11.7. The summed E-state index contributed by atoms with van der Waals surface area (Å²) in [5.41, 5.74) is 15.6. The molecule has 168 valence electrons. The number of hydrogen-bond donors (Lipinski definition) is 2. The molecule has 1 atom stereocenters. The van der Waals surface area contributed by atoms with Crippen molar-refractivity contribution in [3.63, 3.8) is 0 Å². The number of aryl methyl sites for hydroxylation is 3. The van der Waals surface area contributed by atoms with Gasteiger partial charge in [-0.15, -0.1) is 0 Å². The number of aliphatic hydroxyl groups is 1. The predicted octanol–water partition coefficient (Wildman–Crippen LogP) is 4.77. The molecule has 0 saturated carbocycles. The average molecular weight is 430 g/mol. The molecule has 1 unspecified atom stereocenters. The molecular weight excluding hydrogens is 394 g/mol. The topological polar surface area (TPSA) is 62.4 Å². The number of fused-ring (bicyclic) bond motifs is 1. The number of nitrogens with two attached hydrogens (primary N) is 1. The Morgan fingerprint density at radius 1 is 1.06 bits per heavy atom. The Kier molecular flexibility index (Phi) is 7.36. The van der Waals surface area contributed by atoms with Crippen LogP contribution >= 0.6 is 0 Å². The van der Waals surface area contributed by atoms with Gasteiger partial charge < -0.3 is 10.8 Å². The van der Waals surface area contributed by atoms with Crippen molar-refractivity contribution in [1.29, 1.82) is 0 Å². The van der Waals surface area contributed by atoms with E-state index >= 15 is 0 Å². The molecule has 4 rings (SSSR count). The minimum atomic E-state index is 0.0463. The van der Waals surface area contributed by atoms with Gasteiger partial charge in [-0.2, -0.15) is 0 Å². The van der Waals surface area contributed by atoms with Crippen molar-refractivity contribution in [3.05, 3.63) is 99.4 Å². The first-order valence-electron chi connectivity index (χ1n) is 11.7. The highest BCUT2D eigenvalue weighted by Gasteiger charge is 2.27. The van der Waals surface area contributed by atoms with Crippen LogP contribution < -0.4 is 5.73 Å². The van der Waals surface area contributed by atoms with Gasteiger partial charge in [-0.1, -0.05) is 48.5 Å². The predicted molar refractivity (Wildman–Crippen MR) is 130 cm³/mol. The van der Waals surface area contributed by atoms with Gasteiger partial charge >= 0.3 is 0 Å². The standard InChI is InChI=1S/C28H35N3O/c1-20-14-21(2)27(30-16-20)18-31(28-9-5-7-23-6-3-4-8-26(23)28)17-24-11-10-22(12-13-29)15-25(24)19-32/h3-4,6,8,10-11,14-16,28,32H,5,7,9,12-13,17-19,29H2,1-2H3. The summed E-state index contributed by atoms with van der Waals surface area (Å²) in [6, 6.07) is 17.9. The Morgan fingerprint density at radius 3 is 2.69 bits per heavy atom. The maximum absolute atomic E-state index is 10.1. The van der Waals surface area contributed by atoms with Gasteiger partial charge in [0.05, 0.1) is 12.3 Å². The summed E-state index contributed by atoms with van der Waals surface area (Å²) < 4.78 is 0. The van der Waals surface area contributed by atoms with Gasteiger partial charge in [-0.25, -0.2) is 0 Å². The highest BCUT2D eigenvalue weighted by Crippen LogP contribution is 2.36. The molecule has 1 aliphatic carbocycles. The van der Waals surface area contributed by atoms with Crippen LogP contribution in [0.25, 0.3) is 0 Å². The van der Waals surface area contributed by atoms with Gasteiger partial charge in [0.25, 0.3) is 0 Å². The lowest BCUT2D eigenvalue weighted by molar-refractivity contribution is 0.157. The number of hydrogen-bond acceptors (Lipinski definition) is 4. The van der Waals surface area contributed by atoms with E-state index in [1.165, 1.54) is 39.8 Å². The molecule has 0 aliphatic heterocycles. The van der Waals surface area contributed by atoms with Crippen molar-refractivity contribution >= 4 is 0 Å². The minimum Gasteiger partial charge on any atom is -0.392 e. The molecule has 3 aromatic rings. The first-order chi connectivity index (χ1) is 15.6. The number of rotatable bonds is 8. The SMILES string of the molecule is Cc1cnc(CN(Cc2ccc(CCN)cc2CO)C2CCCc3ccccc32)c(C)c1. The van der Waals surface area contributed by atoms with E-state index in [1.807, 2.05) is 6.20 Å². The van der Waals surface area contributed by atoms with Crippen molar-refractivity contribution < 1.29 is 5.11 Å². The molecule has 1 heterocycles. The van der Waals surface area contributed by atoms with Gasteiger partial charge in [-0.05, 0) is 85.0 Å².